The molecule has 4 nitrogen and oxygen atoms in total. The molecule has 0 radical (unpaired) electrons. The second-order valence-corrected chi connectivity index (χ2v) is 8.13. The van der Waals surface area contributed by atoms with Crippen LogP contribution in [-0.4, -0.2) is 30.2 Å². The molecule has 0 aliphatic carbocycles. The average molecular weight is 450 g/mol. The predicted molar refractivity (Wildman–Crippen MR) is 137 cm³/mol. The molecule has 5 heteroatoms. The van der Waals surface area contributed by atoms with Crippen LogP contribution in [0.2, 0.25) is 5.02 Å². The highest BCUT2D eigenvalue weighted by molar-refractivity contribution is 6.35. The Balaban J connectivity index is 0.000000219. The van der Waals surface area contributed by atoms with Gasteiger partial charge >= 0.3 is 0 Å². The lowest BCUT2D eigenvalue weighted by atomic mass is 10.1. The number of halogens is 1. The summed E-state index contributed by atoms with van der Waals surface area (Å²) in [4.78, 5) is 8.54. The Morgan fingerprint density at radius 2 is 1.31 bits per heavy atom. The van der Waals surface area contributed by atoms with Crippen molar-refractivity contribution in [2.24, 2.45) is 0 Å². The van der Waals surface area contributed by atoms with Crippen molar-refractivity contribution in [1.29, 1.82) is 0 Å². The van der Waals surface area contributed by atoms with Crippen molar-refractivity contribution < 1.29 is 4.74 Å². The number of ether oxygens (including phenoxy) is 1. The molecule has 0 bridgehead atoms. The number of benzene rings is 2. The highest BCUT2D eigenvalue weighted by atomic mass is 35.5. The summed E-state index contributed by atoms with van der Waals surface area (Å²) in [6.45, 7) is 1.93. The van der Waals surface area contributed by atoms with E-state index in [1.807, 2.05) is 36.5 Å². The molecule has 2 aromatic carbocycles. The molecule has 168 valence electrons. The zero-order chi connectivity index (χ0) is 22.4. The van der Waals surface area contributed by atoms with E-state index in [9.17, 15) is 0 Å². The molecule has 1 N–H and O–H groups in total. The maximum absolute atomic E-state index is 5.92. The Hall–Kier alpha value is -2.69. The molecule has 2 heterocycles. The molecule has 32 heavy (non-hydrogen) atoms. The Kier molecular flexibility index (Phi) is 10.2. The minimum atomic E-state index is 0.760. The molecule has 0 spiro atoms. The number of aromatic nitrogens is 2. The summed E-state index contributed by atoms with van der Waals surface area (Å²) in [7, 11) is 1.77. The number of hydrogen-bond acceptors (Lipinski definition) is 4. The van der Waals surface area contributed by atoms with Gasteiger partial charge in [0.1, 0.15) is 0 Å². The monoisotopic (exact) mass is 449 g/mol. The number of hydrogen-bond donors (Lipinski definition) is 1. The summed E-state index contributed by atoms with van der Waals surface area (Å²) >= 11 is 5.92. The van der Waals surface area contributed by atoms with E-state index in [-0.39, 0.29) is 0 Å². The fourth-order valence-corrected chi connectivity index (χ4v) is 3.83. The maximum Gasteiger partial charge on any atom is 0.0722 e. The van der Waals surface area contributed by atoms with Crippen LogP contribution in [0.5, 0.6) is 0 Å². The lowest BCUT2D eigenvalue weighted by molar-refractivity contribution is 0.192. The predicted octanol–water partition coefficient (Wildman–Crippen LogP) is 7.52. The van der Waals surface area contributed by atoms with Gasteiger partial charge < -0.3 is 10.1 Å². The molecule has 0 unspecified atom stereocenters. The molecule has 0 aliphatic heterocycles. The lowest BCUT2D eigenvalue weighted by Gasteiger charge is -2.09. The third-order valence-electron chi connectivity index (χ3n) is 5.34. The van der Waals surface area contributed by atoms with Gasteiger partial charge in [0.05, 0.1) is 16.1 Å². The van der Waals surface area contributed by atoms with Crippen LogP contribution in [0.25, 0.3) is 21.8 Å². The van der Waals surface area contributed by atoms with E-state index >= 15 is 0 Å². The van der Waals surface area contributed by atoms with Crippen LogP contribution in [0.15, 0.2) is 73.1 Å². The summed E-state index contributed by atoms with van der Waals surface area (Å²) in [5, 5.41) is 6.52. The standard InChI is InChI=1S/C18H26N2O.C9H6ClN/c1-21-15-9-5-3-2-4-8-13-19-18-12-14-20-17-11-7-6-10-16(17)18;10-8-5-6-11-9-4-2-1-3-7(8)9/h6-7,10-12,14H,2-5,8-9,13,15H2,1H3,(H,19,20);1-6H. The largest absolute Gasteiger partial charge is 0.385 e. The van der Waals surface area contributed by atoms with E-state index < -0.39 is 0 Å². The zero-order valence-electron chi connectivity index (χ0n) is 18.8. The fourth-order valence-electron chi connectivity index (χ4n) is 3.61. The number of para-hydroxylation sites is 2. The molecule has 2 aromatic heterocycles. The number of unbranched alkanes of at least 4 members (excludes halogenated alkanes) is 5. The highest BCUT2D eigenvalue weighted by Gasteiger charge is 2.00. The quantitative estimate of drug-likeness (QED) is 0.254. The van der Waals surface area contributed by atoms with Gasteiger partial charge in [-0.05, 0) is 37.1 Å². The van der Waals surface area contributed by atoms with Gasteiger partial charge in [0.25, 0.3) is 0 Å². The van der Waals surface area contributed by atoms with Crippen LogP contribution in [0.1, 0.15) is 38.5 Å². The van der Waals surface area contributed by atoms with E-state index in [0.29, 0.717) is 0 Å². The average Bonchev–Trinajstić information content (AvgIpc) is 2.84. The first-order chi connectivity index (χ1) is 15.8. The van der Waals surface area contributed by atoms with Crippen LogP contribution in [-0.2, 0) is 4.74 Å². The van der Waals surface area contributed by atoms with Crippen LogP contribution in [0, 0.1) is 0 Å². The zero-order valence-corrected chi connectivity index (χ0v) is 19.5. The number of nitrogens with zero attached hydrogens (tertiary/aromatic N) is 2. The minimum Gasteiger partial charge on any atom is -0.385 e. The number of rotatable bonds is 10. The van der Waals surface area contributed by atoms with Gasteiger partial charge in [-0.25, -0.2) is 0 Å². The van der Waals surface area contributed by atoms with Gasteiger partial charge in [-0.1, -0.05) is 73.7 Å². The summed E-state index contributed by atoms with van der Waals surface area (Å²) in [6.07, 6.45) is 11.2. The Morgan fingerprint density at radius 3 is 2.03 bits per heavy atom. The van der Waals surface area contributed by atoms with Crippen molar-refractivity contribution in [2.75, 3.05) is 25.6 Å². The normalized spacial score (nSPS) is 10.7. The minimum absolute atomic E-state index is 0.760. The molecule has 4 rings (SSSR count). The first-order valence-electron chi connectivity index (χ1n) is 11.4. The van der Waals surface area contributed by atoms with Crippen molar-refractivity contribution in [3.8, 4) is 0 Å². The van der Waals surface area contributed by atoms with Crippen LogP contribution in [0.3, 0.4) is 0 Å². The Labute approximate surface area is 196 Å². The molecular weight excluding hydrogens is 418 g/mol. The summed E-state index contributed by atoms with van der Waals surface area (Å²) < 4.78 is 5.06. The molecule has 0 atom stereocenters. The van der Waals surface area contributed by atoms with Crippen molar-refractivity contribution >= 4 is 39.1 Å². The third kappa shape index (κ3) is 7.47. The molecule has 0 fully saturated rings. The smallest absolute Gasteiger partial charge is 0.0722 e. The molecular formula is C27H32ClN3O. The van der Waals surface area contributed by atoms with Crippen molar-refractivity contribution in [3.63, 3.8) is 0 Å². The third-order valence-corrected chi connectivity index (χ3v) is 5.67. The van der Waals surface area contributed by atoms with E-state index in [1.54, 1.807) is 19.4 Å². The van der Waals surface area contributed by atoms with Crippen LogP contribution < -0.4 is 5.32 Å². The second kappa shape index (κ2) is 13.7. The number of pyridine rings is 2. The SMILES string of the molecule is COCCCCCCCCNc1ccnc2ccccc12.Clc1ccnc2ccccc12. The molecule has 0 amide bonds. The number of anilines is 1. The van der Waals surface area contributed by atoms with E-state index in [2.05, 4.69) is 39.6 Å². The second-order valence-electron chi connectivity index (χ2n) is 7.73. The number of methoxy groups -OCH3 is 1. The van der Waals surface area contributed by atoms with Crippen molar-refractivity contribution in [1.82, 2.24) is 9.97 Å². The first-order valence-corrected chi connectivity index (χ1v) is 11.7. The Morgan fingerprint density at radius 1 is 0.719 bits per heavy atom. The lowest BCUT2D eigenvalue weighted by Crippen LogP contribution is -2.02. The van der Waals surface area contributed by atoms with Gasteiger partial charge in [-0.2, -0.15) is 0 Å². The first kappa shape index (κ1) is 24.0. The molecule has 0 aliphatic rings. The maximum atomic E-state index is 5.92. The van der Waals surface area contributed by atoms with E-state index in [4.69, 9.17) is 16.3 Å². The van der Waals surface area contributed by atoms with Gasteiger partial charge in [0, 0.05) is 49.1 Å². The van der Waals surface area contributed by atoms with Crippen molar-refractivity contribution in [2.45, 2.75) is 38.5 Å². The Bertz CT molecular complexity index is 1080. The number of nitrogens with one attached hydrogen (secondary N) is 1. The summed E-state index contributed by atoms with van der Waals surface area (Å²) in [5.74, 6) is 0. The van der Waals surface area contributed by atoms with Crippen LogP contribution >= 0.6 is 11.6 Å². The van der Waals surface area contributed by atoms with Gasteiger partial charge in [-0.3, -0.25) is 9.97 Å². The highest BCUT2D eigenvalue weighted by Crippen LogP contribution is 2.21. The van der Waals surface area contributed by atoms with E-state index in [0.717, 1.165) is 34.6 Å². The van der Waals surface area contributed by atoms with Gasteiger partial charge in [-0.15, -0.1) is 0 Å². The summed E-state index contributed by atoms with van der Waals surface area (Å²) in [5.41, 5.74) is 3.20. The molecule has 0 saturated carbocycles. The van der Waals surface area contributed by atoms with Gasteiger partial charge in [0.15, 0.2) is 0 Å². The summed E-state index contributed by atoms with van der Waals surface area (Å²) in [6, 6.07) is 19.9. The van der Waals surface area contributed by atoms with E-state index in [1.165, 1.54) is 49.6 Å². The molecule has 4 aromatic rings. The van der Waals surface area contributed by atoms with Gasteiger partial charge in [0.2, 0.25) is 0 Å². The number of fused-ring (bicyclic) bond motifs is 2. The van der Waals surface area contributed by atoms with Crippen LogP contribution in [0.4, 0.5) is 5.69 Å². The van der Waals surface area contributed by atoms with Crippen molar-refractivity contribution in [3.05, 3.63) is 78.1 Å². The molecule has 0 saturated heterocycles. The topological polar surface area (TPSA) is 47.0 Å². The fraction of sp³-hybridized carbons (Fsp3) is 0.333.